The molecule has 0 amide bonds. The Hall–Kier alpha value is -5.60. The summed E-state index contributed by atoms with van der Waals surface area (Å²) in [5.41, 5.74) is 14.1. The fraction of sp³-hybridized carbons (Fsp3) is 0.231. The first-order valence-corrected chi connectivity index (χ1v) is 19.9. The van der Waals surface area contributed by atoms with Gasteiger partial charge in [-0.3, -0.25) is 0 Å². The second-order valence-corrected chi connectivity index (χ2v) is 14.9. The highest BCUT2D eigenvalue weighted by molar-refractivity contribution is 6.07. The largest absolute Gasteiger partial charge is 0.314 e. The number of rotatable bonds is 14. The highest BCUT2D eigenvalue weighted by Crippen LogP contribution is 2.50. The molecule has 0 spiro atoms. The molecule has 1 aliphatic rings. The summed E-state index contributed by atoms with van der Waals surface area (Å²) in [5, 5.41) is 0. The molecule has 6 aromatic carbocycles. The minimum Gasteiger partial charge on any atom is -0.314 e. The first-order chi connectivity index (χ1) is 26.5. The zero-order valence-electron chi connectivity index (χ0n) is 32.5. The molecule has 0 atom stereocenters. The number of benzene rings is 6. The van der Waals surface area contributed by atoms with Crippen LogP contribution < -0.4 is 9.80 Å². The fourth-order valence-electron chi connectivity index (χ4n) is 8.00. The van der Waals surface area contributed by atoms with Gasteiger partial charge in [0.1, 0.15) is 5.66 Å². The minimum absolute atomic E-state index is 0.694. The molecule has 0 radical (unpaired) electrons. The van der Waals surface area contributed by atoms with E-state index in [0.717, 1.165) is 30.6 Å². The Morgan fingerprint density at radius 1 is 0.463 bits per heavy atom. The maximum Gasteiger partial charge on any atom is 0.145 e. The summed E-state index contributed by atoms with van der Waals surface area (Å²) in [6.07, 6.45) is 12.7. The Balaban J connectivity index is 1.56. The number of hydrogen-bond donors (Lipinski definition) is 0. The van der Waals surface area contributed by atoms with Gasteiger partial charge in [0.15, 0.2) is 0 Å². The third-order valence-corrected chi connectivity index (χ3v) is 10.8. The van der Waals surface area contributed by atoms with Crippen molar-refractivity contribution in [1.29, 1.82) is 0 Å². The average molecular weight is 707 g/mol. The molecule has 272 valence electrons. The van der Waals surface area contributed by atoms with Crippen molar-refractivity contribution >= 4 is 33.9 Å². The van der Waals surface area contributed by atoms with E-state index < -0.39 is 5.66 Å². The molecule has 0 saturated heterocycles. The summed E-state index contributed by atoms with van der Waals surface area (Å²) >= 11 is 0. The van der Waals surface area contributed by atoms with E-state index in [1.54, 1.807) is 0 Å². The standard InChI is InChI=1S/C52H54N2/c1-5-7-19-42-27-31-46(32-28-42)53(48-25-15-17-40(3)37-48)52(36-35-50(44-21-11-9-12-22-44)51(39-52)45-23-13-10-14-24-45)54(49-26-16-18-41(4)38-49)47-33-29-43(30-34-47)20-8-6-2/h9-18,21-35,37-39H,5-8,19-20,36H2,1-4H3. The normalized spacial score (nSPS) is 13.6. The van der Waals surface area contributed by atoms with Gasteiger partial charge >= 0.3 is 0 Å². The van der Waals surface area contributed by atoms with Crippen LogP contribution in [0.25, 0.3) is 11.1 Å². The second kappa shape index (κ2) is 17.0. The predicted octanol–water partition coefficient (Wildman–Crippen LogP) is 14.2. The third kappa shape index (κ3) is 7.99. The summed E-state index contributed by atoms with van der Waals surface area (Å²) in [4.78, 5) is 5.22. The van der Waals surface area contributed by atoms with Crippen LogP contribution in [0, 0.1) is 13.8 Å². The van der Waals surface area contributed by atoms with Crippen molar-refractivity contribution < 1.29 is 0 Å². The van der Waals surface area contributed by atoms with Gasteiger partial charge in [0.25, 0.3) is 0 Å². The Morgan fingerprint density at radius 2 is 0.907 bits per heavy atom. The number of allylic oxidation sites excluding steroid dienone is 2. The van der Waals surface area contributed by atoms with Gasteiger partial charge in [0.2, 0.25) is 0 Å². The highest BCUT2D eigenvalue weighted by atomic mass is 15.4. The molecule has 6 aromatic rings. The quantitative estimate of drug-likeness (QED) is 0.104. The number of aryl methyl sites for hydroxylation is 4. The Bertz CT molecular complexity index is 2080. The van der Waals surface area contributed by atoms with Gasteiger partial charge in [0, 0.05) is 29.2 Å². The van der Waals surface area contributed by atoms with Crippen LogP contribution in [0.2, 0.25) is 0 Å². The lowest BCUT2D eigenvalue weighted by Crippen LogP contribution is -2.57. The van der Waals surface area contributed by atoms with Crippen LogP contribution in [0.1, 0.15) is 79.3 Å². The van der Waals surface area contributed by atoms with Crippen LogP contribution in [0.4, 0.5) is 22.7 Å². The molecule has 7 rings (SSSR count). The molecule has 2 nitrogen and oxygen atoms in total. The topological polar surface area (TPSA) is 6.48 Å². The summed E-state index contributed by atoms with van der Waals surface area (Å²) in [6, 6.07) is 58.7. The zero-order chi connectivity index (χ0) is 37.3. The van der Waals surface area contributed by atoms with E-state index in [1.807, 2.05) is 0 Å². The number of nitrogens with zero attached hydrogens (tertiary/aromatic N) is 2. The van der Waals surface area contributed by atoms with Crippen molar-refractivity contribution in [3.63, 3.8) is 0 Å². The van der Waals surface area contributed by atoms with Gasteiger partial charge in [-0.1, -0.05) is 142 Å². The van der Waals surface area contributed by atoms with Crippen molar-refractivity contribution in [3.8, 4) is 0 Å². The summed E-state index contributed by atoms with van der Waals surface area (Å²) in [5.74, 6) is 0. The smallest absolute Gasteiger partial charge is 0.145 e. The molecule has 0 unspecified atom stereocenters. The maximum absolute atomic E-state index is 2.61. The maximum atomic E-state index is 2.61. The van der Waals surface area contributed by atoms with Gasteiger partial charge in [-0.25, -0.2) is 0 Å². The molecule has 54 heavy (non-hydrogen) atoms. The SMILES string of the molecule is CCCCc1ccc(N(c2cccc(C)c2)C2(N(c3ccc(CCCC)cc3)c3cccc(C)c3)C=C(c3ccccc3)C(c3ccccc3)=CC2)cc1. The van der Waals surface area contributed by atoms with E-state index >= 15 is 0 Å². The van der Waals surface area contributed by atoms with Crippen LogP contribution in [-0.2, 0) is 12.8 Å². The van der Waals surface area contributed by atoms with Crippen LogP contribution in [0.15, 0.2) is 170 Å². The second-order valence-electron chi connectivity index (χ2n) is 14.9. The van der Waals surface area contributed by atoms with E-state index in [4.69, 9.17) is 0 Å². The summed E-state index contributed by atoms with van der Waals surface area (Å²) in [7, 11) is 0. The number of unbranched alkanes of at least 4 members (excludes halogenated alkanes) is 2. The monoisotopic (exact) mass is 706 g/mol. The van der Waals surface area contributed by atoms with Gasteiger partial charge in [-0.2, -0.15) is 0 Å². The lowest BCUT2D eigenvalue weighted by Gasteiger charge is -2.53. The first kappa shape index (κ1) is 36.7. The van der Waals surface area contributed by atoms with E-state index in [-0.39, 0.29) is 0 Å². The third-order valence-electron chi connectivity index (χ3n) is 10.8. The van der Waals surface area contributed by atoms with Crippen molar-refractivity contribution in [2.45, 2.75) is 78.3 Å². The Morgan fingerprint density at radius 3 is 1.33 bits per heavy atom. The molecule has 2 heteroatoms. The molecule has 0 heterocycles. The first-order valence-electron chi connectivity index (χ1n) is 19.9. The van der Waals surface area contributed by atoms with E-state index in [2.05, 4.69) is 207 Å². The number of hydrogen-bond acceptors (Lipinski definition) is 2. The van der Waals surface area contributed by atoms with Crippen molar-refractivity contribution in [3.05, 3.63) is 203 Å². The van der Waals surface area contributed by atoms with Gasteiger partial charge < -0.3 is 9.80 Å². The predicted molar refractivity (Wildman–Crippen MR) is 233 cm³/mol. The van der Waals surface area contributed by atoms with Crippen molar-refractivity contribution in [1.82, 2.24) is 0 Å². The molecule has 0 aromatic heterocycles. The molecule has 0 aliphatic heterocycles. The Kier molecular flexibility index (Phi) is 11.6. The minimum atomic E-state index is -0.694. The molecule has 1 aliphatic carbocycles. The number of anilines is 4. The average Bonchev–Trinajstić information content (AvgIpc) is 3.21. The Labute approximate surface area is 324 Å². The van der Waals surface area contributed by atoms with Gasteiger partial charge in [0.05, 0.1) is 0 Å². The molecule has 0 bridgehead atoms. The lowest BCUT2D eigenvalue weighted by molar-refractivity contribution is 0.527. The molecule has 0 saturated carbocycles. The lowest BCUT2D eigenvalue weighted by atomic mass is 9.80. The van der Waals surface area contributed by atoms with Crippen LogP contribution in [0.3, 0.4) is 0 Å². The highest BCUT2D eigenvalue weighted by Gasteiger charge is 2.45. The van der Waals surface area contributed by atoms with E-state index in [9.17, 15) is 0 Å². The molecular weight excluding hydrogens is 653 g/mol. The van der Waals surface area contributed by atoms with E-state index in [0.29, 0.717) is 0 Å². The molecule has 0 fully saturated rings. The van der Waals surface area contributed by atoms with Gasteiger partial charge in [-0.05, 0) is 139 Å². The van der Waals surface area contributed by atoms with Crippen LogP contribution >= 0.6 is 0 Å². The van der Waals surface area contributed by atoms with Crippen molar-refractivity contribution in [2.75, 3.05) is 9.80 Å². The van der Waals surface area contributed by atoms with Crippen molar-refractivity contribution in [2.24, 2.45) is 0 Å². The van der Waals surface area contributed by atoms with E-state index in [1.165, 1.54) is 81.6 Å². The van der Waals surface area contributed by atoms with Crippen LogP contribution in [0.5, 0.6) is 0 Å². The van der Waals surface area contributed by atoms with Gasteiger partial charge in [-0.15, -0.1) is 0 Å². The van der Waals surface area contributed by atoms with Crippen LogP contribution in [-0.4, -0.2) is 5.66 Å². The molecule has 0 N–H and O–H groups in total. The summed E-state index contributed by atoms with van der Waals surface area (Å²) < 4.78 is 0. The molecular formula is C52H54N2. The zero-order valence-corrected chi connectivity index (χ0v) is 32.5. The fourth-order valence-corrected chi connectivity index (χ4v) is 8.00. The summed E-state index contributed by atoms with van der Waals surface area (Å²) in [6.45, 7) is 8.94.